The lowest BCUT2D eigenvalue weighted by Crippen LogP contribution is -2.31. The van der Waals surface area contributed by atoms with Gasteiger partial charge in [0, 0.05) is 29.8 Å². The third-order valence-corrected chi connectivity index (χ3v) is 7.47. The first-order valence-corrected chi connectivity index (χ1v) is 12.1. The van der Waals surface area contributed by atoms with Crippen LogP contribution in [0.15, 0.2) is 40.6 Å². The van der Waals surface area contributed by atoms with Crippen molar-refractivity contribution in [2.75, 3.05) is 13.1 Å². The zero-order valence-electron chi connectivity index (χ0n) is 15.9. The van der Waals surface area contributed by atoms with E-state index in [1.54, 1.807) is 22.7 Å². The van der Waals surface area contributed by atoms with Gasteiger partial charge in [0.25, 0.3) is 0 Å². The Morgan fingerprint density at radius 2 is 1.93 bits per heavy atom. The zero-order valence-corrected chi connectivity index (χ0v) is 18.4. The number of carbonyl (C=O) groups excluding carboxylic acids is 1. The molecule has 0 aliphatic heterocycles. The van der Waals surface area contributed by atoms with E-state index >= 15 is 0 Å². The minimum Gasteiger partial charge on any atom is -0.356 e. The fraction of sp³-hybridized carbons (Fsp3) is 0.263. The van der Waals surface area contributed by atoms with Crippen LogP contribution < -0.4 is 10.0 Å². The minimum atomic E-state index is -4.02. The summed E-state index contributed by atoms with van der Waals surface area (Å²) in [6.07, 6.45) is 0.580. The molecule has 2 N–H and O–H groups in total. The Balaban J connectivity index is 1.41. The smallest absolute Gasteiger partial charge is 0.240 e. The molecule has 3 rings (SSSR count). The number of nitrogens with one attached hydrogen (secondary N) is 2. The standard InChI is InChI=1S/C19H19F2N3O3S3/c1-12-24-17(11-28-12)18-5-2-13(29-18)6-8-22-19(25)7-9-23-30(26,27)14-3-4-15(20)16(21)10-14/h2-5,10-11,23H,6-9H2,1H3,(H,22,25). The number of benzene rings is 1. The van der Waals surface area contributed by atoms with Crippen molar-refractivity contribution in [1.29, 1.82) is 0 Å². The number of rotatable bonds is 9. The fourth-order valence-corrected chi connectivity index (χ4v) is 5.26. The largest absolute Gasteiger partial charge is 0.356 e. The van der Waals surface area contributed by atoms with E-state index in [1.807, 2.05) is 24.4 Å². The molecule has 3 aromatic rings. The second-order valence-electron chi connectivity index (χ2n) is 6.34. The van der Waals surface area contributed by atoms with Crippen molar-refractivity contribution in [1.82, 2.24) is 15.0 Å². The number of hydrogen-bond donors (Lipinski definition) is 2. The Morgan fingerprint density at radius 3 is 2.63 bits per heavy atom. The van der Waals surface area contributed by atoms with Gasteiger partial charge in [-0.3, -0.25) is 4.79 Å². The second kappa shape index (κ2) is 9.73. The molecule has 0 aliphatic carbocycles. The maximum atomic E-state index is 13.2. The average Bonchev–Trinajstić information content (AvgIpc) is 3.32. The van der Waals surface area contributed by atoms with Gasteiger partial charge < -0.3 is 5.32 Å². The molecule has 0 spiro atoms. The maximum Gasteiger partial charge on any atom is 0.240 e. The highest BCUT2D eigenvalue weighted by atomic mass is 32.2. The van der Waals surface area contributed by atoms with Crippen molar-refractivity contribution in [2.24, 2.45) is 0 Å². The van der Waals surface area contributed by atoms with Crippen molar-refractivity contribution < 1.29 is 22.0 Å². The Morgan fingerprint density at radius 1 is 1.13 bits per heavy atom. The van der Waals surface area contributed by atoms with E-state index in [1.165, 1.54) is 0 Å². The van der Waals surface area contributed by atoms with E-state index in [4.69, 9.17) is 0 Å². The predicted octanol–water partition coefficient (Wildman–Crippen LogP) is 3.49. The predicted molar refractivity (Wildman–Crippen MR) is 113 cm³/mol. The summed E-state index contributed by atoms with van der Waals surface area (Å²) in [5, 5.41) is 5.75. The summed E-state index contributed by atoms with van der Waals surface area (Å²) in [4.78, 5) is 18.2. The third-order valence-electron chi connectivity index (χ3n) is 4.07. The average molecular weight is 472 g/mol. The lowest BCUT2D eigenvalue weighted by atomic mass is 10.3. The lowest BCUT2D eigenvalue weighted by molar-refractivity contribution is -0.120. The topological polar surface area (TPSA) is 88.2 Å². The molecule has 0 atom stereocenters. The maximum absolute atomic E-state index is 13.2. The molecule has 30 heavy (non-hydrogen) atoms. The van der Waals surface area contributed by atoms with Gasteiger partial charge >= 0.3 is 0 Å². The number of thiophene rings is 1. The van der Waals surface area contributed by atoms with Gasteiger partial charge in [-0.15, -0.1) is 22.7 Å². The van der Waals surface area contributed by atoms with Crippen molar-refractivity contribution in [3.8, 4) is 10.6 Å². The quantitative estimate of drug-likeness (QED) is 0.500. The second-order valence-corrected chi connectivity index (χ2v) is 10.3. The van der Waals surface area contributed by atoms with E-state index in [2.05, 4.69) is 15.0 Å². The Labute approximate surface area is 181 Å². The summed E-state index contributed by atoms with van der Waals surface area (Å²) >= 11 is 3.21. The van der Waals surface area contributed by atoms with E-state index in [0.29, 0.717) is 19.0 Å². The number of nitrogens with zero attached hydrogens (tertiary/aromatic N) is 1. The van der Waals surface area contributed by atoms with Gasteiger partial charge in [-0.2, -0.15) is 0 Å². The molecule has 0 fully saturated rings. The fourth-order valence-electron chi connectivity index (χ4n) is 2.57. The number of amides is 1. The first-order chi connectivity index (χ1) is 14.2. The minimum absolute atomic E-state index is 0.0727. The van der Waals surface area contributed by atoms with Crippen LogP contribution in [0.5, 0.6) is 0 Å². The van der Waals surface area contributed by atoms with Gasteiger partial charge in [-0.05, 0) is 43.7 Å². The van der Waals surface area contributed by atoms with Crippen LogP contribution in [0.3, 0.4) is 0 Å². The number of aryl methyl sites for hydroxylation is 1. The van der Waals surface area contributed by atoms with Gasteiger partial charge in [0.15, 0.2) is 11.6 Å². The van der Waals surface area contributed by atoms with E-state index < -0.39 is 26.6 Å². The molecule has 2 heterocycles. The van der Waals surface area contributed by atoms with Gasteiger partial charge in [0.2, 0.25) is 15.9 Å². The number of sulfonamides is 1. The molecule has 0 aliphatic rings. The molecule has 0 saturated heterocycles. The van der Waals surface area contributed by atoms with Gasteiger partial charge in [0.1, 0.15) is 0 Å². The van der Waals surface area contributed by atoms with Crippen molar-refractivity contribution in [3.63, 3.8) is 0 Å². The SMILES string of the molecule is Cc1nc(-c2ccc(CCNC(=O)CCNS(=O)(=O)c3ccc(F)c(F)c3)s2)cs1. The van der Waals surface area contributed by atoms with Crippen molar-refractivity contribution >= 4 is 38.6 Å². The molecule has 0 bridgehead atoms. The van der Waals surface area contributed by atoms with E-state index in [9.17, 15) is 22.0 Å². The number of aromatic nitrogens is 1. The molecular formula is C19H19F2N3O3S3. The zero-order chi connectivity index (χ0) is 21.7. The van der Waals surface area contributed by atoms with Gasteiger partial charge in [-0.25, -0.2) is 26.9 Å². The van der Waals surface area contributed by atoms with Crippen LogP contribution in [-0.2, 0) is 21.2 Å². The number of carbonyl (C=O) groups is 1. The molecule has 11 heteroatoms. The molecule has 0 radical (unpaired) electrons. The number of halogens is 2. The van der Waals surface area contributed by atoms with Crippen LogP contribution >= 0.6 is 22.7 Å². The van der Waals surface area contributed by atoms with Crippen LogP contribution in [0.2, 0.25) is 0 Å². The van der Waals surface area contributed by atoms with Crippen LogP contribution in [0.1, 0.15) is 16.3 Å². The molecule has 0 unspecified atom stereocenters. The molecule has 2 aromatic heterocycles. The molecule has 6 nitrogen and oxygen atoms in total. The summed E-state index contributed by atoms with van der Waals surface area (Å²) in [5.41, 5.74) is 0.950. The van der Waals surface area contributed by atoms with E-state index in [0.717, 1.165) is 32.6 Å². The van der Waals surface area contributed by atoms with Crippen molar-refractivity contribution in [3.05, 3.63) is 57.2 Å². The summed E-state index contributed by atoms with van der Waals surface area (Å²) in [5.74, 6) is -2.69. The lowest BCUT2D eigenvalue weighted by Gasteiger charge is -2.08. The number of thiazole rings is 1. The van der Waals surface area contributed by atoms with Gasteiger partial charge in [-0.1, -0.05) is 0 Å². The highest BCUT2D eigenvalue weighted by Crippen LogP contribution is 2.29. The Bertz CT molecular complexity index is 1140. The summed E-state index contributed by atoms with van der Waals surface area (Å²) in [6, 6.07) is 6.30. The van der Waals surface area contributed by atoms with Crippen LogP contribution in [0.4, 0.5) is 8.78 Å². The molecule has 0 saturated carbocycles. The van der Waals surface area contributed by atoms with Crippen molar-refractivity contribution in [2.45, 2.75) is 24.7 Å². The third kappa shape index (κ3) is 5.91. The highest BCUT2D eigenvalue weighted by Gasteiger charge is 2.16. The summed E-state index contributed by atoms with van der Waals surface area (Å²) in [7, 11) is -4.02. The molecular weight excluding hydrogens is 452 g/mol. The van der Waals surface area contributed by atoms with E-state index in [-0.39, 0.29) is 18.9 Å². The Kier molecular flexibility index (Phi) is 7.29. The molecule has 160 valence electrons. The first-order valence-electron chi connectivity index (χ1n) is 8.97. The summed E-state index contributed by atoms with van der Waals surface area (Å²) in [6.45, 7) is 2.22. The van der Waals surface area contributed by atoms with Crippen LogP contribution in [0.25, 0.3) is 10.6 Å². The first kappa shape index (κ1) is 22.5. The van der Waals surface area contributed by atoms with Crippen LogP contribution in [0, 0.1) is 18.6 Å². The Hall–Kier alpha value is -2.21. The number of hydrogen-bond acceptors (Lipinski definition) is 6. The van der Waals surface area contributed by atoms with Crippen LogP contribution in [-0.4, -0.2) is 32.4 Å². The highest BCUT2D eigenvalue weighted by molar-refractivity contribution is 7.89. The normalized spacial score (nSPS) is 11.6. The monoisotopic (exact) mass is 471 g/mol. The van der Waals surface area contributed by atoms with Gasteiger partial charge in [0.05, 0.1) is 20.5 Å². The summed E-state index contributed by atoms with van der Waals surface area (Å²) < 4.78 is 52.5. The molecule has 1 aromatic carbocycles. The molecule has 1 amide bonds.